The van der Waals surface area contributed by atoms with Crippen molar-refractivity contribution in [2.75, 3.05) is 4.90 Å². The largest absolute Gasteiger partial charge is 0.481 e. The summed E-state index contributed by atoms with van der Waals surface area (Å²) < 4.78 is 14.2. The molecule has 0 spiro atoms. The molecule has 126 valence electrons. The van der Waals surface area contributed by atoms with Crippen LogP contribution in [0.2, 0.25) is 0 Å². The fourth-order valence-electron chi connectivity index (χ4n) is 3.24. The van der Waals surface area contributed by atoms with E-state index in [2.05, 4.69) is 0 Å². The first-order chi connectivity index (χ1) is 11.9. The maximum absolute atomic E-state index is 14.2. The van der Waals surface area contributed by atoms with Crippen LogP contribution in [0.1, 0.15) is 30.0 Å². The number of hydrogen-bond acceptors (Lipinski definition) is 3. The van der Waals surface area contributed by atoms with Crippen molar-refractivity contribution < 1.29 is 19.1 Å². The number of benzene rings is 2. The number of carbonyl (C=O) groups excluding carboxylic acids is 1. The molecule has 1 heterocycles. The molecule has 0 fully saturated rings. The molecular weight excluding hydrogens is 323 g/mol. The van der Waals surface area contributed by atoms with E-state index in [1.54, 1.807) is 31.2 Å². The lowest BCUT2D eigenvalue weighted by atomic mass is 9.81. The van der Waals surface area contributed by atoms with Crippen LogP contribution in [-0.2, 0) is 21.5 Å². The van der Waals surface area contributed by atoms with Crippen LogP contribution in [0.3, 0.4) is 0 Å². The van der Waals surface area contributed by atoms with Crippen molar-refractivity contribution in [2.45, 2.75) is 25.3 Å². The third-order valence-electron chi connectivity index (χ3n) is 4.52. The second-order valence-electron chi connectivity index (χ2n) is 6.23. The molecule has 5 nitrogen and oxygen atoms in total. The van der Waals surface area contributed by atoms with E-state index in [1.165, 1.54) is 17.0 Å². The summed E-state index contributed by atoms with van der Waals surface area (Å²) in [4.78, 5) is 25.6. The zero-order chi connectivity index (χ0) is 18.2. The van der Waals surface area contributed by atoms with Crippen molar-refractivity contribution in [3.8, 4) is 6.07 Å². The van der Waals surface area contributed by atoms with E-state index >= 15 is 0 Å². The Bertz CT molecular complexity index is 919. The van der Waals surface area contributed by atoms with Gasteiger partial charge in [0, 0.05) is 11.3 Å². The molecule has 2 aromatic carbocycles. The van der Waals surface area contributed by atoms with Gasteiger partial charge in [0.05, 0.1) is 30.0 Å². The number of rotatable bonds is 4. The van der Waals surface area contributed by atoms with Gasteiger partial charge >= 0.3 is 5.97 Å². The second-order valence-corrected chi connectivity index (χ2v) is 6.23. The van der Waals surface area contributed by atoms with Gasteiger partial charge < -0.3 is 10.0 Å². The van der Waals surface area contributed by atoms with Gasteiger partial charge in [-0.25, -0.2) is 4.39 Å². The fourth-order valence-corrected chi connectivity index (χ4v) is 3.24. The van der Waals surface area contributed by atoms with Crippen molar-refractivity contribution in [1.29, 1.82) is 5.26 Å². The number of nitrogens with zero attached hydrogens (tertiary/aromatic N) is 2. The van der Waals surface area contributed by atoms with Gasteiger partial charge in [-0.2, -0.15) is 5.26 Å². The summed E-state index contributed by atoms with van der Waals surface area (Å²) >= 11 is 0. The van der Waals surface area contributed by atoms with Gasteiger partial charge in [-0.1, -0.05) is 24.3 Å². The molecule has 6 heteroatoms. The first-order valence-electron chi connectivity index (χ1n) is 7.68. The molecule has 1 N–H and O–H groups in total. The minimum absolute atomic E-state index is 0.0252. The van der Waals surface area contributed by atoms with Crippen LogP contribution >= 0.6 is 0 Å². The van der Waals surface area contributed by atoms with Crippen molar-refractivity contribution in [2.24, 2.45) is 0 Å². The van der Waals surface area contributed by atoms with Gasteiger partial charge in [0.2, 0.25) is 5.91 Å². The van der Waals surface area contributed by atoms with E-state index in [9.17, 15) is 19.1 Å². The molecule has 1 aliphatic rings. The highest BCUT2D eigenvalue weighted by Gasteiger charge is 2.48. The zero-order valence-electron chi connectivity index (χ0n) is 13.5. The lowest BCUT2D eigenvalue weighted by Crippen LogP contribution is -2.39. The standard InChI is InChI=1S/C19H15FN2O3/c1-19(9-17(23)24)14-4-2-3-5-16(14)22(18(19)25)11-13-7-6-12(10-21)8-15(13)20/h2-8H,9,11H2,1H3,(H,23,24). The number of para-hydroxylation sites is 1. The van der Waals surface area contributed by atoms with E-state index in [-0.39, 0.29) is 30.0 Å². The number of amides is 1. The van der Waals surface area contributed by atoms with Gasteiger partial charge in [0.1, 0.15) is 5.82 Å². The summed E-state index contributed by atoms with van der Waals surface area (Å²) in [6.07, 6.45) is -0.338. The molecule has 2 aromatic rings. The number of carboxylic acids is 1. The highest BCUT2D eigenvalue weighted by Crippen LogP contribution is 2.44. The SMILES string of the molecule is CC1(CC(=O)O)C(=O)N(Cc2ccc(C#N)cc2F)c2ccccc21. The Labute approximate surface area is 143 Å². The number of carboxylic acid groups (broad SMARTS) is 1. The number of carbonyl (C=O) groups is 2. The predicted molar refractivity (Wildman–Crippen MR) is 88.4 cm³/mol. The quantitative estimate of drug-likeness (QED) is 0.929. The second kappa shape index (κ2) is 6.02. The van der Waals surface area contributed by atoms with Crippen LogP contribution in [-0.4, -0.2) is 17.0 Å². The zero-order valence-corrected chi connectivity index (χ0v) is 13.5. The molecule has 0 saturated heterocycles. The van der Waals surface area contributed by atoms with E-state index < -0.39 is 17.2 Å². The first kappa shape index (κ1) is 16.7. The molecule has 0 aliphatic carbocycles. The van der Waals surface area contributed by atoms with Crippen molar-refractivity contribution in [3.63, 3.8) is 0 Å². The lowest BCUT2D eigenvalue weighted by Gasteiger charge is -2.23. The Balaban J connectivity index is 2.02. The van der Waals surface area contributed by atoms with Crippen LogP contribution in [0.15, 0.2) is 42.5 Å². The van der Waals surface area contributed by atoms with Crippen molar-refractivity contribution in [3.05, 3.63) is 65.0 Å². The predicted octanol–water partition coefficient (Wildman–Crippen LogP) is 2.98. The van der Waals surface area contributed by atoms with E-state index in [4.69, 9.17) is 5.26 Å². The van der Waals surface area contributed by atoms with E-state index in [0.29, 0.717) is 11.3 Å². The minimum Gasteiger partial charge on any atom is -0.481 e. The Kier molecular flexibility index (Phi) is 4.01. The molecule has 0 aromatic heterocycles. The number of aliphatic carboxylic acids is 1. The number of halogens is 1. The third kappa shape index (κ3) is 2.74. The monoisotopic (exact) mass is 338 g/mol. The molecule has 1 amide bonds. The molecule has 1 unspecified atom stereocenters. The summed E-state index contributed by atoms with van der Waals surface area (Å²) in [6.45, 7) is 1.57. The Hall–Kier alpha value is -3.20. The summed E-state index contributed by atoms with van der Waals surface area (Å²) in [5.74, 6) is -2.02. The topological polar surface area (TPSA) is 81.4 Å². The van der Waals surface area contributed by atoms with E-state index in [0.717, 1.165) is 6.07 Å². The van der Waals surface area contributed by atoms with Gasteiger partial charge in [-0.05, 0) is 30.7 Å². The number of anilines is 1. The highest BCUT2D eigenvalue weighted by molar-refractivity contribution is 6.09. The third-order valence-corrected chi connectivity index (χ3v) is 4.52. The van der Waals surface area contributed by atoms with Crippen molar-refractivity contribution in [1.82, 2.24) is 0 Å². The summed E-state index contributed by atoms with van der Waals surface area (Å²) in [6, 6.07) is 12.9. The van der Waals surface area contributed by atoms with Crippen LogP contribution in [0, 0.1) is 17.1 Å². The average Bonchev–Trinajstić information content (AvgIpc) is 2.78. The lowest BCUT2D eigenvalue weighted by molar-refractivity contribution is -0.141. The smallest absolute Gasteiger partial charge is 0.304 e. The number of nitriles is 1. The van der Waals surface area contributed by atoms with Gasteiger partial charge in [-0.3, -0.25) is 9.59 Å². The van der Waals surface area contributed by atoms with E-state index in [1.807, 2.05) is 6.07 Å². The Morgan fingerprint density at radius 3 is 2.68 bits per heavy atom. The normalized spacial score (nSPS) is 18.8. The molecule has 25 heavy (non-hydrogen) atoms. The minimum atomic E-state index is -1.19. The van der Waals surface area contributed by atoms with Gasteiger partial charge in [-0.15, -0.1) is 0 Å². The van der Waals surface area contributed by atoms with Gasteiger partial charge in [0.25, 0.3) is 0 Å². The maximum atomic E-state index is 14.2. The molecule has 0 radical (unpaired) electrons. The van der Waals surface area contributed by atoms with Crippen LogP contribution in [0.25, 0.3) is 0 Å². The fraction of sp³-hybridized carbons (Fsp3) is 0.211. The molecular formula is C19H15FN2O3. The number of fused-ring (bicyclic) bond motifs is 1. The van der Waals surface area contributed by atoms with Crippen LogP contribution < -0.4 is 4.90 Å². The van der Waals surface area contributed by atoms with Crippen molar-refractivity contribution >= 4 is 17.6 Å². The van der Waals surface area contributed by atoms with Gasteiger partial charge in [0.15, 0.2) is 0 Å². The maximum Gasteiger partial charge on any atom is 0.304 e. The number of hydrogen-bond donors (Lipinski definition) is 1. The van der Waals surface area contributed by atoms with Crippen LogP contribution in [0.4, 0.5) is 10.1 Å². The van der Waals surface area contributed by atoms with Crippen LogP contribution in [0.5, 0.6) is 0 Å². The first-order valence-corrected chi connectivity index (χ1v) is 7.68. The molecule has 0 bridgehead atoms. The average molecular weight is 338 g/mol. The summed E-state index contributed by atoms with van der Waals surface area (Å²) in [7, 11) is 0. The molecule has 0 saturated carbocycles. The molecule has 1 atom stereocenters. The summed E-state index contributed by atoms with van der Waals surface area (Å²) in [5.41, 5.74) is 0.481. The Morgan fingerprint density at radius 1 is 1.32 bits per heavy atom. The Morgan fingerprint density at radius 2 is 2.04 bits per heavy atom. The molecule has 1 aliphatic heterocycles. The summed E-state index contributed by atoms with van der Waals surface area (Å²) in [5, 5.41) is 18.0. The molecule has 3 rings (SSSR count). The highest BCUT2D eigenvalue weighted by atomic mass is 19.1.